The molecule has 3 aromatic rings. The van der Waals surface area contributed by atoms with E-state index in [1.54, 1.807) is 43.0 Å². The van der Waals surface area contributed by atoms with Gasteiger partial charge in [-0.1, -0.05) is 25.3 Å². The van der Waals surface area contributed by atoms with Gasteiger partial charge >= 0.3 is 5.97 Å². The maximum absolute atomic E-state index is 13.3. The van der Waals surface area contributed by atoms with Crippen LogP contribution in [0.3, 0.4) is 0 Å². The molecule has 3 heterocycles. The molecule has 4 rings (SSSR count). The van der Waals surface area contributed by atoms with Crippen molar-refractivity contribution in [3.8, 4) is 0 Å². The Hall–Kier alpha value is -3.33. The number of hydrogen-bond donors (Lipinski definition) is 0. The summed E-state index contributed by atoms with van der Waals surface area (Å²) in [5.74, 6) is -1.07. The lowest BCUT2D eigenvalue weighted by Crippen LogP contribution is -2.34. The summed E-state index contributed by atoms with van der Waals surface area (Å²) in [6.45, 7) is 2.39. The molecule has 0 atom stereocenters. The monoisotopic (exact) mass is 452 g/mol. The van der Waals surface area contributed by atoms with Gasteiger partial charge in [-0.15, -0.1) is 0 Å². The van der Waals surface area contributed by atoms with Crippen LogP contribution in [0.15, 0.2) is 40.2 Å². The van der Waals surface area contributed by atoms with Crippen LogP contribution in [0, 0.1) is 5.92 Å². The van der Waals surface area contributed by atoms with Gasteiger partial charge in [0, 0.05) is 25.8 Å². The molecule has 0 aromatic carbocycles. The molecule has 0 spiro atoms. The van der Waals surface area contributed by atoms with Gasteiger partial charge in [0.25, 0.3) is 11.5 Å². The topological polar surface area (TPSA) is 104 Å². The molecule has 9 heteroatoms. The van der Waals surface area contributed by atoms with E-state index >= 15 is 0 Å². The highest BCUT2D eigenvalue weighted by Gasteiger charge is 2.24. The van der Waals surface area contributed by atoms with E-state index in [2.05, 4.69) is 9.98 Å². The van der Waals surface area contributed by atoms with E-state index < -0.39 is 5.97 Å². The molecular formula is C24H28N4O5. The fraction of sp³-hybridized carbons (Fsp3) is 0.458. The van der Waals surface area contributed by atoms with E-state index in [4.69, 9.17) is 9.47 Å². The summed E-state index contributed by atoms with van der Waals surface area (Å²) in [5.41, 5.74) is 0.693. The Labute approximate surface area is 190 Å². The van der Waals surface area contributed by atoms with Gasteiger partial charge in [-0.05, 0) is 38.0 Å². The van der Waals surface area contributed by atoms with E-state index in [1.807, 2.05) is 0 Å². The lowest BCUT2D eigenvalue weighted by Gasteiger charge is -2.19. The van der Waals surface area contributed by atoms with Crippen LogP contribution in [0.2, 0.25) is 0 Å². The van der Waals surface area contributed by atoms with Crippen LogP contribution < -0.4 is 11.0 Å². The van der Waals surface area contributed by atoms with E-state index in [1.165, 1.54) is 10.5 Å². The molecule has 3 aromatic heterocycles. The molecule has 0 N–H and O–H groups in total. The minimum Gasteiger partial charge on any atom is -0.462 e. The van der Waals surface area contributed by atoms with Crippen molar-refractivity contribution in [3.63, 3.8) is 0 Å². The number of pyridine rings is 2. The van der Waals surface area contributed by atoms with Crippen LogP contribution in [-0.4, -0.2) is 46.2 Å². The van der Waals surface area contributed by atoms with Crippen molar-refractivity contribution in [2.45, 2.75) is 45.6 Å². The first kappa shape index (κ1) is 22.8. The number of amides is 1. The van der Waals surface area contributed by atoms with Crippen LogP contribution in [0.5, 0.6) is 0 Å². The first-order valence-corrected chi connectivity index (χ1v) is 11.3. The van der Waals surface area contributed by atoms with Crippen LogP contribution in [-0.2, 0) is 20.8 Å². The summed E-state index contributed by atoms with van der Waals surface area (Å²) in [5, 5.41) is 0.238. The van der Waals surface area contributed by atoms with Gasteiger partial charge in [0.05, 0.1) is 18.6 Å². The summed E-state index contributed by atoms with van der Waals surface area (Å²) in [4.78, 5) is 48.3. The van der Waals surface area contributed by atoms with E-state index in [0.717, 1.165) is 32.1 Å². The average molecular weight is 453 g/mol. The number of carbonyl (C=O) groups excluding carboxylic acids is 2. The van der Waals surface area contributed by atoms with Gasteiger partial charge in [-0.2, -0.15) is 4.99 Å². The number of ether oxygens (including phenoxy) is 2. The molecule has 33 heavy (non-hydrogen) atoms. The fourth-order valence-corrected chi connectivity index (χ4v) is 4.30. The SMILES string of the molecule is CCOC(=O)c1cc2c(=O)n3ccccc3nc2n(CCOC)c1=NC(=O)C1CCCCC1. The second-order valence-electron chi connectivity index (χ2n) is 8.11. The molecule has 0 saturated heterocycles. The fourth-order valence-electron chi connectivity index (χ4n) is 4.30. The normalized spacial score (nSPS) is 15.3. The zero-order valence-corrected chi connectivity index (χ0v) is 19.0. The first-order valence-electron chi connectivity index (χ1n) is 11.3. The lowest BCUT2D eigenvalue weighted by atomic mass is 9.89. The highest BCUT2D eigenvalue weighted by molar-refractivity contribution is 5.93. The Bertz CT molecular complexity index is 1320. The minimum atomic E-state index is -0.640. The quantitative estimate of drug-likeness (QED) is 0.420. The number of carbonyl (C=O) groups is 2. The largest absolute Gasteiger partial charge is 0.462 e. The third kappa shape index (κ3) is 4.59. The van der Waals surface area contributed by atoms with Crippen molar-refractivity contribution in [2.24, 2.45) is 10.9 Å². The third-order valence-electron chi connectivity index (χ3n) is 5.97. The molecule has 0 bridgehead atoms. The molecule has 0 aliphatic heterocycles. The summed E-state index contributed by atoms with van der Waals surface area (Å²) in [7, 11) is 1.56. The number of rotatable bonds is 6. The Balaban J connectivity index is 2.05. The molecule has 1 saturated carbocycles. The summed E-state index contributed by atoms with van der Waals surface area (Å²) >= 11 is 0. The smallest absolute Gasteiger partial charge is 0.341 e. The molecule has 1 amide bonds. The lowest BCUT2D eigenvalue weighted by molar-refractivity contribution is -0.122. The highest BCUT2D eigenvalue weighted by Crippen LogP contribution is 2.24. The highest BCUT2D eigenvalue weighted by atomic mass is 16.5. The standard InChI is InChI=1S/C24H28N4O5/c1-3-33-24(31)18-15-17-20(25-19-11-7-8-12-27(19)23(17)30)28(13-14-32-2)21(18)26-22(29)16-9-5-4-6-10-16/h7-8,11-12,15-16H,3-6,9-10,13-14H2,1-2H3. The first-order chi connectivity index (χ1) is 16.0. The third-order valence-corrected chi connectivity index (χ3v) is 5.97. The average Bonchev–Trinajstić information content (AvgIpc) is 2.84. The maximum atomic E-state index is 13.3. The summed E-state index contributed by atoms with van der Waals surface area (Å²) in [6.07, 6.45) is 6.28. The number of methoxy groups -OCH3 is 1. The van der Waals surface area contributed by atoms with Gasteiger partial charge in [-0.3, -0.25) is 14.0 Å². The summed E-state index contributed by atoms with van der Waals surface area (Å²) in [6, 6.07) is 6.70. The van der Waals surface area contributed by atoms with E-state index in [0.29, 0.717) is 11.3 Å². The minimum absolute atomic E-state index is 0.0689. The zero-order chi connectivity index (χ0) is 23.4. The van der Waals surface area contributed by atoms with Gasteiger partial charge in [0.1, 0.15) is 16.9 Å². The number of esters is 1. The Morgan fingerprint density at radius 1 is 1.21 bits per heavy atom. The van der Waals surface area contributed by atoms with Gasteiger partial charge in [-0.25, -0.2) is 9.78 Å². The second kappa shape index (κ2) is 10.1. The predicted octanol–water partition coefficient (Wildman–Crippen LogP) is 2.48. The number of nitrogens with zero attached hydrogens (tertiary/aromatic N) is 4. The molecule has 9 nitrogen and oxygen atoms in total. The second-order valence-corrected chi connectivity index (χ2v) is 8.11. The molecule has 0 radical (unpaired) electrons. The molecule has 1 fully saturated rings. The molecule has 1 aliphatic rings. The molecule has 174 valence electrons. The van der Waals surface area contributed by atoms with E-state index in [9.17, 15) is 14.4 Å². The Morgan fingerprint density at radius 2 is 2.00 bits per heavy atom. The van der Waals surface area contributed by atoms with Gasteiger partial charge in [0.15, 0.2) is 5.49 Å². The predicted molar refractivity (Wildman–Crippen MR) is 122 cm³/mol. The van der Waals surface area contributed by atoms with E-state index in [-0.39, 0.29) is 53.6 Å². The maximum Gasteiger partial charge on any atom is 0.341 e. The Kier molecular flexibility index (Phi) is 6.98. The molecule has 0 unspecified atom stereocenters. The van der Waals surface area contributed by atoms with Crippen LogP contribution >= 0.6 is 0 Å². The van der Waals surface area contributed by atoms with Gasteiger partial charge < -0.3 is 14.0 Å². The van der Waals surface area contributed by atoms with Crippen LogP contribution in [0.25, 0.3) is 16.7 Å². The van der Waals surface area contributed by atoms with Crippen molar-refractivity contribution in [1.29, 1.82) is 0 Å². The van der Waals surface area contributed by atoms with Crippen molar-refractivity contribution in [2.75, 3.05) is 20.3 Å². The van der Waals surface area contributed by atoms with Crippen LogP contribution in [0.1, 0.15) is 49.4 Å². The number of hydrogen-bond acceptors (Lipinski definition) is 6. The number of aromatic nitrogens is 3. The summed E-state index contributed by atoms with van der Waals surface area (Å²) < 4.78 is 13.6. The van der Waals surface area contributed by atoms with Crippen molar-refractivity contribution in [1.82, 2.24) is 14.0 Å². The Morgan fingerprint density at radius 3 is 2.73 bits per heavy atom. The van der Waals surface area contributed by atoms with Crippen LogP contribution in [0.4, 0.5) is 0 Å². The van der Waals surface area contributed by atoms with Crippen molar-refractivity contribution >= 4 is 28.6 Å². The molecular weight excluding hydrogens is 424 g/mol. The number of fused-ring (bicyclic) bond motifs is 2. The van der Waals surface area contributed by atoms with Crippen molar-refractivity contribution < 1.29 is 19.1 Å². The van der Waals surface area contributed by atoms with Gasteiger partial charge in [0.2, 0.25) is 0 Å². The molecule has 1 aliphatic carbocycles. The van der Waals surface area contributed by atoms with Crippen molar-refractivity contribution in [3.05, 3.63) is 51.9 Å². The zero-order valence-electron chi connectivity index (χ0n) is 19.0.